The van der Waals surface area contributed by atoms with Crippen molar-refractivity contribution in [2.24, 2.45) is 7.05 Å². The van der Waals surface area contributed by atoms with Gasteiger partial charge >= 0.3 is 0 Å². The van der Waals surface area contributed by atoms with Crippen LogP contribution in [0.15, 0.2) is 24.5 Å². The van der Waals surface area contributed by atoms with Crippen LogP contribution in [0.3, 0.4) is 0 Å². The van der Waals surface area contributed by atoms with E-state index in [-0.39, 0.29) is 0 Å². The van der Waals surface area contributed by atoms with Crippen molar-refractivity contribution < 1.29 is 0 Å². The van der Waals surface area contributed by atoms with E-state index in [0.29, 0.717) is 0 Å². The topological polar surface area (TPSA) is 17.8 Å². The first-order valence-corrected chi connectivity index (χ1v) is 4.22. The average molecular weight is 160 g/mol. The zero-order chi connectivity index (χ0) is 8.55. The zero-order valence-corrected chi connectivity index (χ0v) is 7.41. The first-order chi connectivity index (χ1) is 5.83. The molecule has 0 amide bonds. The summed E-state index contributed by atoms with van der Waals surface area (Å²) in [5.41, 5.74) is 3.73. The summed E-state index contributed by atoms with van der Waals surface area (Å²) in [6, 6.07) is 4.14. The lowest BCUT2D eigenvalue weighted by Gasteiger charge is -2.01. The molecule has 0 bridgehead atoms. The predicted octanol–water partition coefficient (Wildman–Crippen LogP) is 2.14. The van der Waals surface area contributed by atoms with Crippen molar-refractivity contribution in [1.82, 2.24) is 9.55 Å². The smallest absolute Gasteiger partial charge is 0.0883 e. The first-order valence-electron chi connectivity index (χ1n) is 4.22. The van der Waals surface area contributed by atoms with E-state index in [4.69, 9.17) is 0 Å². The van der Waals surface area contributed by atoms with Crippen molar-refractivity contribution in [2.45, 2.75) is 13.3 Å². The minimum absolute atomic E-state index is 1.07. The van der Waals surface area contributed by atoms with Crippen LogP contribution in [0.2, 0.25) is 0 Å². The van der Waals surface area contributed by atoms with Gasteiger partial charge in [0, 0.05) is 19.4 Å². The summed E-state index contributed by atoms with van der Waals surface area (Å²) in [6.07, 6.45) is 4.99. The Bertz CT molecular complexity index is 401. The molecule has 62 valence electrons. The van der Waals surface area contributed by atoms with Gasteiger partial charge in [-0.05, 0) is 24.1 Å². The molecule has 0 radical (unpaired) electrons. The summed E-state index contributed by atoms with van der Waals surface area (Å²) in [5.74, 6) is 0. The Balaban J connectivity index is 2.84. The highest BCUT2D eigenvalue weighted by atomic mass is 14.9. The maximum absolute atomic E-state index is 4.29. The second-order valence-electron chi connectivity index (χ2n) is 2.98. The Morgan fingerprint density at radius 3 is 3.00 bits per heavy atom. The summed E-state index contributed by atoms with van der Waals surface area (Å²) < 4.78 is 2.13. The molecule has 2 heterocycles. The van der Waals surface area contributed by atoms with Gasteiger partial charge in [0.25, 0.3) is 0 Å². The molecule has 0 fully saturated rings. The Morgan fingerprint density at radius 1 is 1.42 bits per heavy atom. The molecule has 2 nitrogen and oxygen atoms in total. The quantitative estimate of drug-likeness (QED) is 0.625. The van der Waals surface area contributed by atoms with Crippen molar-refractivity contribution in [3.63, 3.8) is 0 Å². The van der Waals surface area contributed by atoms with Gasteiger partial charge in [0.2, 0.25) is 0 Å². The fraction of sp³-hybridized carbons (Fsp3) is 0.300. The van der Waals surface area contributed by atoms with Crippen molar-refractivity contribution in [3.05, 3.63) is 30.1 Å². The minimum Gasteiger partial charge on any atom is -0.349 e. The van der Waals surface area contributed by atoms with Crippen LogP contribution in [0.25, 0.3) is 11.0 Å². The van der Waals surface area contributed by atoms with Crippen LogP contribution in [0.5, 0.6) is 0 Å². The second kappa shape index (κ2) is 2.63. The van der Waals surface area contributed by atoms with Crippen LogP contribution in [0.4, 0.5) is 0 Å². The molecule has 2 rings (SSSR count). The Labute approximate surface area is 71.8 Å². The lowest BCUT2D eigenvalue weighted by atomic mass is 10.2. The lowest BCUT2D eigenvalue weighted by molar-refractivity contribution is 0.953. The third-order valence-electron chi connectivity index (χ3n) is 2.23. The minimum atomic E-state index is 1.07. The van der Waals surface area contributed by atoms with E-state index in [1.807, 2.05) is 6.20 Å². The standard InChI is InChI=1S/C10H12N2/c1-3-8-4-6-11-9-5-7-12(2)10(8)9/h4-7H,3H2,1-2H3. The number of hydrogen-bond donors (Lipinski definition) is 0. The summed E-state index contributed by atoms with van der Waals surface area (Å²) in [6.45, 7) is 2.17. The Morgan fingerprint density at radius 2 is 2.25 bits per heavy atom. The van der Waals surface area contributed by atoms with Crippen molar-refractivity contribution in [1.29, 1.82) is 0 Å². The fourth-order valence-corrected chi connectivity index (χ4v) is 1.58. The van der Waals surface area contributed by atoms with Crippen LogP contribution in [0, 0.1) is 0 Å². The molecule has 2 heteroatoms. The maximum atomic E-state index is 4.29. The van der Waals surface area contributed by atoms with E-state index in [1.165, 1.54) is 11.1 Å². The average Bonchev–Trinajstić information content (AvgIpc) is 2.48. The molecule has 0 saturated carbocycles. The summed E-state index contributed by atoms with van der Waals surface area (Å²) >= 11 is 0. The van der Waals surface area contributed by atoms with Gasteiger partial charge in [0.05, 0.1) is 11.0 Å². The van der Waals surface area contributed by atoms with Gasteiger partial charge in [-0.15, -0.1) is 0 Å². The summed E-state index contributed by atoms with van der Waals surface area (Å²) in [5, 5.41) is 0. The normalized spacial score (nSPS) is 10.8. The molecule has 0 saturated heterocycles. The van der Waals surface area contributed by atoms with Gasteiger partial charge in [-0.25, -0.2) is 0 Å². The molecule has 0 N–H and O–H groups in total. The number of hydrogen-bond acceptors (Lipinski definition) is 1. The molecule has 0 atom stereocenters. The molecule has 2 aromatic rings. The highest BCUT2D eigenvalue weighted by Gasteiger charge is 2.02. The molecule has 2 aromatic heterocycles. The van der Waals surface area contributed by atoms with Gasteiger partial charge in [-0.1, -0.05) is 6.92 Å². The van der Waals surface area contributed by atoms with E-state index >= 15 is 0 Å². The zero-order valence-electron chi connectivity index (χ0n) is 7.41. The Kier molecular flexibility index (Phi) is 1.61. The largest absolute Gasteiger partial charge is 0.349 e. The summed E-state index contributed by atoms with van der Waals surface area (Å²) in [4.78, 5) is 4.29. The van der Waals surface area contributed by atoms with Crippen LogP contribution in [0.1, 0.15) is 12.5 Å². The fourth-order valence-electron chi connectivity index (χ4n) is 1.58. The van der Waals surface area contributed by atoms with Crippen molar-refractivity contribution >= 4 is 11.0 Å². The molecular formula is C10H12N2. The van der Waals surface area contributed by atoms with Crippen molar-refractivity contribution in [3.8, 4) is 0 Å². The number of aryl methyl sites for hydroxylation is 2. The maximum Gasteiger partial charge on any atom is 0.0883 e. The predicted molar refractivity (Wildman–Crippen MR) is 50.1 cm³/mol. The van der Waals surface area contributed by atoms with Gasteiger partial charge < -0.3 is 4.57 Å². The van der Waals surface area contributed by atoms with Crippen LogP contribution >= 0.6 is 0 Å². The third-order valence-corrected chi connectivity index (χ3v) is 2.23. The van der Waals surface area contributed by atoms with E-state index < -0.39 is 0 Å². The third kappa shape index (κ3) is 0.916. The molecule has 0 aliphatic carbocycles. The van der Waals surface area contributed by atoms with Gasteiger partial charge in [0.15, 0.2) is 0 Å². The molecular weight excluding hydrogens is 148 g/mol. The monoisotopic (exact) mass is 160 g/mol. The molecule has 0 unspecified atom stereocenters. The van der Waals surface area contributed by atoms with Crippen LogP contribution in [-0.4, -0.2) is 9.55 Å². The number of rotatable bonds is 1. The highest BCUT2D eigenvalue weighted by molar-refractivity contribution is 5.79. The molecule has 0 spiro atoms. The number of nitrogens with zero attached hydrogens (tertiary/aromatic N) is 2. The van der Waals surface area contributed by atoms with Gasteiger partial charge in [-0.2, -0.15) is 0 Å². The Hall–Kier alpha value is -1.31. The first kappa shape index (κ1) is 7.35. The lowest BCUT2D eigenvalue weighted by Crippen LogP contribution is -1.91. The summed E-state index contributed by atoms with van der Waals surface area (Å²) in [7, 11) is 2.06. The SMILES string of the molecule is CCc1ccnc2ccn(C)c12. The van der Waals surface area contributed by atoms with Gasteiger partial charge in [-0.3, -0.25) is 4.98 Å². The van der Waals surface area contributed by atoms with E-state index in [9.17, 15) is 0 Å². The van der Waals surface area contributed by atoms with E-state index in [2.05, 4.69) is 41.9 Å². The van der Waals surface area contributed by atoms with E-state index in [0.717, 1.165) is 11.9 Å². The number of fused-ring (bicyclic) bond motifs is 1. The molecule has 0 aromatic carbocycles. The molecule has 0 aliphatic rings. The highest BCUT2D eigenvalue weighted by Crippen LogP contribution is 2.16. The number of pyridine rings is 1. The molecule has 0 aliphatic heterocycles. The van der Waals surface area contributed by atoms with Crippen LogP contribution in [-0.2, 0) is 13.5 Å². The number of aromatic nitrogens is 2. The van der Waals surface area contributed by atoms with E-state index in [1.54, 1.807) is 0 Å². The van der Waals surface area contributed by atoms with Crippen LogP contribution < -0.4 is 0 Å². The second-order valence-corrected chi connectivity index (χ2v) is 2.98. The van der Waals surface area contributed by atoms with Crippen molar-refractivity contribution in [2.75, 3.05) is 0 Å². The van der Waals surface area contributed by atoms with Gasteiger partial charge in [0.1, 0.15) is 0 Å². The molecule has 12 heavy (non-hydrogen) atoms.